The SMILES string of the molecule is Cc1ccc2nc(CNc3cccc(-c4nc5ccccc5s4)c3)cc(=O)n2c1. The Hall–Kier alpha value is -3.51. The fraction of sp³-hybridized carbons (Fsp3) is 0.0870. The van der Waals surface area contributed by atoms with Crippen LogP contribution in [0.25, 0.3) is 26.4 Å². The minimum absolute atomic E-state index is 0.0706. The lowest BCUT2D eigenvalue weighted by molar-refractivity contribution is 0.965. The summed E-state index contributed by atoms with van der Waals surface area (Å²) in [5.41, 5.74) is 5.37. The Balaban J connectivity index is 1.40. The molecule has 0 amide bonds. The van der Waals surface area contributed by atoms with Gasteiger partial charge in [-0.15, -0.1) is 11.3 Å². The fourth-order valence-electron chi connectivity index (χ4n) is 3.30. The van der Waals surface area contributed by atoms with E-state index < -0.39 is 0 Å². The molecule has 0 atom stereocenters. The molecule has 3 aromatic heterocycles. The molecule has 5 rings (SSSR count). The first kappa shape index (κ1) is 17.6. The molecule has 29 heavy (non-hydrogen) atoms. The second-order valence-electron chi connectivity index (χ2n) is 6.94. The Bertz CT molecular complexity index is 1370. The molecule has 0 aliphatic carbocycles. The molecule has 0 saturated carbocycles. The zero-order chi connectivity index (χ0) is 19.8. The first-order valence-corrected chi connectivity index (χ1v) is 10.2. The minimum atomic E-state index is -0.0706. The largest absolute Gasteiger partial charge is 0.379 e. The number of nitrogens with one attached hydrogen (secondary N) is 1. The highest BCUT2D eigenvalue weighted by Gasteiger charge is 2.07. The lowest BCUT2D eigenvalue weighted by Crippen LogP contribution is -2.17. The summed E-state index contributed by atoms with van der Waals surface area (Å²) in [6.45, 7) is 2.43. The number of aromatic nitrogens is 3. The van der Waals surface area contributed by atoms with Crippen LogP contribution in [-0.2, 0) is 6.54 Å². The molecule has 0 aliphatic rings. The normalized spacial score (nSPS) is 11.2. The summed E-state index contributed by atoms with van der Waals surface area (Å²) in [7, 11) is 0. The highest BCUT2D eigenvalue weighted by molar-refractivity contribution is 7.21. The van der Waals surface area contributed by atoms with Crippen LogP contribution in [0.4, 0.5) is 5.69 Å². The molecule has 1 N–H and O–H groups in total. The molecule has 5 aromatic rings. The van der Waals surface area contributed by atoms with Crippen LogP contribution in [0, 0.1) is 6.92 Å². The van der Waals surface area contributed by atoms with Crippen LogP contribution in [0.2, 0.25) is 0 Å². The molecule has 3 heterocycles. The first-order chi connectivity index (χ1) is 14.2. The van der Waals surface area contributed by atoms with Crippen molar-refractivity contribution in [2.45, 2.75) is 13.5 Å². The second-order valence-corrected chi connectivity index (χ2v) is 7.97. The summed E-state index contributed by atoms with van der Waals surface area (Å²) in [6.07, 6.45) is 1.81. The van der Waals surface area contributed by atoms with Gasteiger partial charge in [0.2, 0.25) is 0 Å². The fourth-order valence-corrected chi connectivity index (χ4v) is 4.26. The van der Waals surface area contributed by atoms with Gasteiger partial charge in [-0.25, -0.2) is 9.97 Å². The van der Waals surface area contributed by atoms with Gasteiger partial charge in [0.05, 0.1) is 22.5 Å². The van der Waals surface area contributed by atoms with Gasteiger partial charge >= 0.3 is 0 Å². The van der Waals surface area contributed by atoms with Crippen molar-refractivity contribution in [1.29, 1.82) is 0 Å². The number of pyridine rings is 1. The van der Waals surface area contributed by atoms with Crippen molar-refractivity contribution in [3.05, 3.63) is 94.5 Å². The second kappa shape index (κ2) is 7.14. The van der Waals surface area contributed by atoms with Gasteiger partial charge in [0.15, 0.2) is 0 Å². The average Bonchev–Trinajstić information content (AvgIpc) is 3.17. The van der Waals surface area contributed by atoms with Gasteiger partial charge in [-0.3, -0.25) is 9.20 Å². The van der Waals surface area contributed by atoms with E-state index in [1.54, 1.807) is 21.8 Å². The highest BCUT2D eigenvalue weighted by atomic mass is 32.1. The van der Waals surface area contributed by atoms with E-state index in [1.165, 1.54) is 4.70 Å². The predicted molar refractivity (Wildman–Crippen MR) is 119 cm³/mol. The van der Waals surface area contributed by atoms with Gasteiger partial charge < -0.3 is 5.32 Å². The van der Waals surface area contributed by atoms with Crippen LogP contribution in [0.1, 0.15) is 11.3 Å². The molecule has 142 valence electrons. The Labute approximate surface area is 171 Å². The standard InChI is InChI=1S/C23H18N4OS/c1-15-9-10-21-25-18(12-22(28)27(21)14-15)13-24-17-6-4-5-16(11-17)23-26-19-7-2-3-8-20(19)29-23/h2-12,14,24H,13H2,1H3. The Kier molecular flexibility index (Phi) is 4.33. The van der Waals surface area contributed by atoms with Crippen molar-refractivity contribution in [2.75, 3.05) is 5.32 Å². The summed E-state index contributed by atoms with van der Waals surface area (Å²) in [5, 5.41) is 4.37. The minimum Gasteiger partial charge on any atom is -0.379 e. The molecule has 0 spiro atoms. The number of hydrogen-bond donors (Lipinski definition) is 1. The molecular weight excluding hydrogens is 380 g/mol. The van der Waals surface area contributed by atoms with Gasteiger partial charge in [0, 0.05) is 23.5 Å². The molecule has 0 saturated heterocycles. The molecule has 5 nitrogen and oxygen atoms in total. The molecule has 0 bridgehead atoms. The van der Waals surface area contributed by atoms with E-state index in [-0.39, 0.29) is 5.56 Å². The molecule has 0 unspecified atom stereocenters. The molecule has 0 fully saturated rings. The van der Waals surface area contributed by atoms with Crippen molar-refractivity contribution in [3.8, 4) is 10.6 Å². The zero-order valence-electron chi connectivity index (χ0n) is 15.8. The predicted octanol–water partition coefficient (Wildman–Crippen LogP) is 4.89. The van der Waals surface area contributed by atoms with Crippen LogP contribution in [0.5, 0.6) is 0 Å². The van der Waals surface area contributed by atoms with Gasteiger partial charge in [0.1, 0.15) is 10.7 Å². The summed E-state index contributed by atoms with van der Waals surface area (Å²) >= 11 is 1.68. The lowest BCUT2D eigenvalue weighted by atomic mass is 10.2. The van der Waals surface area contributed by atoms with E-state index in [0.29, 0.717) is 17.9 Å². The third-order valence-electron chi connectivity index (χ3n) is 4.74. The summed E-state index contributed by atoms with van der Waals surface area (Å²) < 4.78 is 2.75. The Morgan fingerprint density at radius 2 is 1.90 bits per heavy atom. The maximum absolute atomic E-state index is 12.4. The Morgan fingerprint density at radius 1 is 1.00 bits per heavy atom. The van der Waals surface area contributed by atoms with Crippen molar-refractivity contribution < 1.29 is 0 Å². The van der Waals surface area contributed by atoms with Crippen LogP contribution in [-0.4, -0.2) is 14.4 Å². The maximum atomic E-state index is 12.4. The highest BCUT2D eigenvalue weighted by Crippen LogP contribution is 2.31. The number of hydrogen-bond acceptors (Lipinski definition) is 5. The van der Waals surface area contributed by atoms with Crippen LogP contribution in [0.15, 0.2) is 77.7 Å². The van der Waals surface area contributed by atoms with Gasteiger partial charge in [-0.05, 0) is 42.8 Å². The summed E-state index contributed by atoms with van der Waals surface area (Å²) in [4.78, 5) is 21.7. The number of para-hydroxylation sites is 1. The molecule has 0 radical (unpaired) electrons. The molecule has 2 aromatic carbocycles. The number of fused-ring (bicyclic) bond motifs is 2. The molecular formula is C23H18N4OS. The van der Waals surface area contributed by atoms with E-state index in [2.05, 4.69) is 28.5 Å². The quantitative estimate of drug-likeness (QED) is 0.468. The topological polar surface area (TPSA) is 59.3 Å². The van der Waals surface area contributed by atoms with Crippen LogP contribution < -0.4 is 10.9 Å². The summed E-state index contributed by atoms with van der Waals surface area (Å²) in [6, 6.07) is 21.7. The number of rotatable bonds is 4. The van der Waals surface area contributed by atoms with E-state index in [4.69, 9.17) is 4.98 Å². The molecule has 6 heteroatoms. The Morgan fingerprint density at radius 3 is 2.79 bits per heavy atom. The maximum Gasteiger partial charge on any atom is 0.258 e. The number of thiazole rings is 1. The number of benzene rings is 2. The van der Waals surface area contributed by atoms with E-state index in [0.717, 1.165) is 27.3 Å². The summed E-state index contributed by atoms with van der Waals surface area (Å²) in [5.74, 6) is 0. The lowest BCUT2D eigenvalue weighted by Gasteiger charge is -2.08. The number of anilines is 1. The zero-order valence-corrected chi connectivity index (χ0v) is 16.6. The van der Waals surface area contributed by atoms with E-state index >= 15 is 0 Å². The first-order valence-electron chi connectivity index (χ1n) is 9.34. The van der Waals surface area contributed by atoms with E-state index in [1.807, 2.05) is 55.6 Å². The van der Waals surface area contributed by atoms with Crippen LogP contribution >= 0.6 is 11.3 Å². The smallest absolute Gasteiger partial charge is 0.258 e. The molecule has 0 aliphatic heterocycles. The van der Waals surface area contributed by atoms with E-state index in [9.17, 15) is 4.79 Å². The van der Waals surface area contributed by atoms with Crippen molar-refractivity contribution in [1.82, 2.24) is 14.4 Å². The third kappa shape index (κ3) is 3.50. The van der Waals surface area contributed by atoms with Gasteiger partial charge in [-0.1, -0.05) is 30.3 Å². The average molecular weight is 398 g/mol. The third-order valence-corrected chi connectivity index (χ3v) is 5.82. The van der Waals surface area contributed by atoms with Crippen molar-refractivity contribution in [3.63, 3.8) is 0 Å². The monoisotopic (exact) mass is 398 g/mol. The van der Waals surface area contributed by atoms with Gasteiger partial charge in [0.25, 0.3) is 5.56 Å². The van der Waals surface area contributed by atoms with Crippen LogP contribution in [0.3, 0.4) is 0 Å². The van der Waals surface area contributed by atoms with Crippen molar-refractivity contribution in [2.24, 2.45) is 0 Å². The number of aryl methyl sites for hydroxylation is 1. The van der Waals surface area contributed by atoms with Crippen molar-refractivity contribution >= 4 is 32.9 Å². The van der Waals surface area contributed by atoms with Gasteiger partial charge in [-0.2, -0.15) is 0 Å². The number of nitrogens with zero attached hydrogens (tertiary/aromatic N) is 3.